The van der Waals surface area contributed by atoms with E-state index in [0.29, 0.717) is 18.2 Å². The van der Waals surface area contributed by atoms with E-state index in [4.69, 9.17) is 4.55 Å². The SMILES string of the molecule is CC[P+](CC)(CC)CC.CC[P+](CC)(CC)CC.O=C([O-])c1cc(C(=O)[O-])cc(S(=O)(=O)O)c1. The highest BCUT2D eigenvalue weighted by Crippen LogP contribution is 2.57. The van der Waals surface area contributed by atoms with Crippen LogP contribution in [0.2, 0.25) is 0 Å². The van der Waals surface area contributed by atoms with Crippen molar-refractivity contribution in [2.75, 3.05) is 49.3 Å². The van der Waals surface area contributed by atoms with E-state index in [1.807, 2.05) is 0 Å². The number of carboxylic acids is 2. The minimum atomic E-state index is -4.70. The van der Waals surface area contributed by atoms with Crippen LogP contribution in [0.15, 0.2) is 23.1 Å². The highest BCUT2D eigenvalue weighted by molar-refractivity contribution is 7.85. The zero-order chi connectivity index (χ0) is 27.2. The standard InChI is InChI=1S/C8H6O7S.2C8H20P/c9-7(10)4-1-5(8(11)12)3-6(2-4)16(13,14)15;2*1-5-9(6-2,7-3)8-4/h1-3H,(H,9,10)(H,11,12)(H,13,14,15);2*5-8H2,1-4H3/q;2*+1/p-2. The van der Waals surface area contributed by atoms with Crippen LogP contribution in [0, 0.1) is 0 Å². The Kier molecular flexibility index (Phi) is 17.1. The molecule has 1 N–H and O–H groups in total. The van der Waals surface area contributed by atoms with E-state index in [0.717, 1.165) is 0 Å². The van der Waals surface area contributed by atoms with Gasteiger partial charge in [0.05, 0.1) is 66.1 Å². The molecule has 7 nitrogen and oxygen atoms in total. The predicted octanol–water partition coefficient (Wildman–Crippen LogP) is 3.83. The van der Waals surface area contributed by atoms with E-state index in [9.17, 15) is 28.2 Å². The summed E-state index contributed by atoms with van der Waals surface area (Å²) in [6.45, 7) is 18.8. The number of benzene rings is 1. The largest absolute Gasteiger partial charge is 0.545 e. The Hall–Kier alpha value is -1.07. The Balaban J connectivity index is 0. The maximum absolute atomic E-state index is 10.7. The van der Waals surface area contributed by atoms with Crippen LogP contribution >= 0.6 is 14.5 Å². The van der Waals surface area contributed by atoms with Crippen LogP contribution in [0.4, 0.5) is 0 Å². The van der Waals surface area contributed by atoms with Crippen LogP contribution < -0.4 is 10.2 Å². The van der Waals surface area contributed by atoms with Crippen molar-refractivity contribution in [2.24, 2.45) is 0 Å². The molecule has 10 heteroatoms. The molecule has 0 heterocycles. The highest BCUT2D eigenvalue weighted by atomic mass is 32.2. The first-order chi connectivity index (χ1) is 15.7. The van der Waals surface area contributed by atoms with Gasteiger partial charge in [-0.15, -0.1) is 0 Å². The second kappa shape index (κ2) is 16.6. The monoisotopic (exact) mass is 538 g/mol. The topological polar surface area (TPSA) is 135 Å². The number of rotatable bonds is 11. The summed E-state index contributed by atoms with van der Waals surface area (Å²) in [6, 6.07) is 1.83. The fraction of sp³-hybridized carbons (Fsp3) is 0.667. The molecule has 0 aliphatic rings. The second-order valence-electron chi connectivity index (χ2n) is 8.01. The zero-order valence-corrected chi connectivity index (χ0v) is 24.7. The number of aromatic carboxylic acids is 2. The van der Waals surface area contributed by atoms with Crippen LogP contribution in [0.25, 0.3) is 0 Å². The van der Waals surface area contributed by atoms with Gasteiger partial charge in [-0.1, -0.05) is 0 Å². The molecule has 0 spiro atoms. The predicted molar refractivity (Wildman–Crippen MR) is 143 cm³/mol. The summed E-state index contributed by atoms with van der Waals surface area (Å²) in [5.74, 6) is -3.54. The lowest BCUT2D eigenvalue weighted by atomic mass is 10.1. The molecule has 0 aromatic heterocycles. The minimum absolute atomic E-state index is 0.420. The van der Waals surface area contributed by atoms with Crippen molar-refractivity contribution in [3.63, 3.8) is 0 Å². The molecule has 1 aromatic rings. The quantitative estimate of drug-likeness (QED) is 0.334. The maximum Gasteiger partial charge on any atom is 0.294 e. The molecule has 0 aliphatic heterocycles. The third-order valence-corrected chi connectivity index (χ3v) is 18.6. The van der Waals surface area contributed by atoms with Gasteiger partial charge in [-0.3, -0.25) is 4.55 Å². The van der Waals surface area contributed by atoms with Gasteiger partial charge < -0.3 is 19.8 Å². The molecule has 0 saturated carbocycles. The zero-order valence-electron chi connectivity index (χ0n) is 22.1. The lowest BCUT2D eigenvalue weighted by Gasteiger charge is -2.20. The molecule has 1 aromatic carbocycles. The summed E-state index contributed by atoms with van der Waals surface area (Å²) in [5, 5.41) is 20.9. The first-order valence-corrected chi connectivity index (χ1v) is 18.5. The fourth-order valence-electron chi connectivity index (χ4n) is 3.67. The van der Waals surface area contributed by atoms with Crippen molar-refractivity contribution < 1.29 is 32.8 Å². The minimum Gasteiger partial charge on any atom is -0.545 e. The number of hydrogen-bond acceptors (Lipinski definition) is 6. The van der Waals surface area contributed by atoms with Crippen molar-refractivity contribution in [3.8, 4) is 0 Å². The molecular formula is C24H44O7P2S. The van der Waals surface area contributed by atoms with Crippen LogP contribution in [0.3, 0.4) is 0 Å². The number of carbonyl (C=O) groups is 2. The molecule has 1 rings (SSSR count). The van der Waals surface area contributed by atoms with Crippen molar-refractivity contribution in [1.82, 2.24) is 0 Å². The lowest BCUT2D eigenvalue weighted by Crippen LogP contribution is -2.26. The summed E-state index contributed by atoms with van der Waals surface area (Å²) in [4.78, 5) is 20.1. The Bertz CT molecular complexity index is 775. The molecule has 0 bridgehead atoms. The van der Waals surface area contributed by atoms with Crippen molar-refractivity contribution in [3.05, 3.63) is 29.3 Å². The molecular weight excluding hydrogens is 494 g/mol. The Morgan fingerprint density at radius 3 is 1.00 bits per heavy atom. The molecule has 0 saturated heterocycles. The Labute approximate surface area is 208 Å². The highest BCUT2D eigenvalue weighted by Gasteiger charge is 2.28. The summed E-state index contributed by atoms with van der Waals surface area (Å²) >= 11 is 0. The van der Waals surface area contributed by atoms with Gasteiger partial charge in [0.1, 0.15) is 0 Å². The summed E-state index contributed by atoms with van der Waals surface area (Å²) in [5.41, 5.74) is -1.37. The smallest absolute Gasteiger partial charge is 0.294 e. The van der Waals surface area contributed by atoms with Gasteiger partial charge in [0.2, 0.25) is 0 Å². The van der Waals surface area contributed by atoms with Crippen LogP contribution in [-0.2, 0) is 10.1 Å². The number of carboxylic acid groups (broad SMARTS) is 2. The average molecular weight is 539 g/mol. The number of hydrogen-bond donors (Lipinski definition) is 1. The van der Waals surface area contributed by atoms with Gasteiger partial charge in [-0.25, -0.2) is 0 Å². The van der Waals surface area contributed by atoms with Crippen LogP contribution in [0.1, 0.15) is 76.1 Å². The fourth-order valence-corrected chi connectivity index (χ4v) is 9.59. The van der Waals surface area contributed by atoms with Gasteiger partial charge in [0.15, 0.2) is 0 Å². The van der Waals surface area contributed by atoms with E-state index in [2.05, 4.69) is 55.4 Å². The van der Waals surface area contributed by atoms with E-state index in [-0.39, 0.29) is 0 Å². The summed E-state index contributed by atoms with van der Waals surface area (Å²) in [6.07, 6.45) is 11.6. The van der Waals surface area contributed by atoms with E-state index < -0.39 is 52.6 Å². The third-order valence-electron chi connectivity index (χ3n) is 7.04. The van der Waals surface area contributed by atoms with E-state index in [1.54, 1.807) is 0 Å². The van der Waals surface area contributed by atoms with Gasteiger partial charge >= 0.3 is 0 Å². The van der Waals surface area contributed by atoms with Gasteiger partial charge in [0.25, 0.3) is 10.1 Å². The van der Waals surface area contributed by atoms with Gasteiger partial charge in [0, 0.05) is 14.5 Å². The Morgan fingerprint density at radius 2 is 0.882 bits per heavy atom. The maximum atomic E-state index is 10.7. The first-order valence-electron chi connectivity index (χ1n) is 12.0. The van der Waals surface area contributed by atoms with Gasteiger partial charge in [-0.05, 0) is 84.7 Å². The lowest BCUT2D eigenvalue weighted by molar-refractivity contribution is -0.255. The molecule has 34 heavy (non-hydrogen) atoms. The summed E-state index contributed by atoms with van der Waals surface area (Å²) < 4.78 is 30.1. The van der Waals surface area contributed by atoms with E-state index >= 15 is 0 Å². The molecule has 0 atom stereocenters. The van der Waals surface area contributed by atoms with Crippen molar-refractivity contribution in [2.45, 2.75) is 60.3 Å². The Morgan fingerprint density at radius 1 is 0.647 bits per heavy atom. The third kappa shape index (κ3) is 11.6. The molecule has 198 valence electrons. The average Bonchev–Trinajstić information content (AvgIpc) is 2.83. The second-order valence-corrected chi connectivity index (χ2v) is 19.9. The normalized spacial score (nSPS) is 11.6. The molecule has 0 radical (unpaired) electrons. The number of carbonyl (C=O) groups excluding carboxylic acids is 2. The van der Waals surface area contributed by atoms with Crippen molar-refractivity contribution >= 4 is 36.6 Å². The van der Waals surface area contributed by atoms with E-state index in [1.165, 1.54) is 49.3 Å². The van der Waals surface area contributed by atoms with Crippen LogP contribution in [-0.4, -0.2) is 74.2 Å². The first kappa shape index (κ1) is 35.1. The molecule has 0 unspecified atom stereocenters. The van der Waals surface area contributed by atoms with Crippen LogP contribution in [0.5, 0.6) is 0 Å². The summed E-state index contributed by atoms with van der Waals surface area (Å²) in [7, 11) is -5.54. The van der Waals surface area contributed by atoms with Crippen molar-refractivity contribution in [1.29, 1.82) is 0 Å². The molecule has 0 amide bonds. The molecule has 0 fully saturated rings. The van der Waals surface area contributed by atoms with Gasteiger partial charge in [-0.2, -0.15) is 8.42 Å². The molecule has 0 aliphatic carbocycles.